The molecule has 0 bridgehead atoms. The standard InChI is InChI=1S/C7H9NO4/c1-7(3-8)5(10)4(2-9)12-6(7)11/h4-5,9-10H,2H2,1H3/t4-,5-,7+/m1/s1. The van der Waals surface area contributed by atoms with E-state index in [1.54, 1.807) is 6.07 Å². The summed E-state index contributed by atoms with van der Waals surface area (Å²) in [5.41, 5.74) is -1.53. The zero-order chi connectivity index (χ0) is 9.35. The maximum Gasteiger partial charge on any atom is 0.329 e. The Morgan fingerprint density at radius 3 is 2.67 bits per heavy atom. The van der Waals surface area contributed by atoms with E-state index in [0.717, 1.165) is 0 Å². The number of ether oxygens (including phenoxy) is 1. The molecule has 0 aliphatic carbocycles. The van der Waals surface area contributed by atoms with Crippen LogP contribution in [-0.4, -0.2) is 35.0 Å². The molecule has 0 amide bonds. The third-order valence-corrected chi connectivity index (χ3v) is 2.04. The molecule has 0 radical (unpaired) electrons. The number of aliphatic hydroxyl groups is 2. The molecule has 66 valence electrons. The van der Waals surface area contributed by atoms with Gasteiger partial charge in [-0.15, -0.1) is 0 Å². The Morgan fingerprint density at radius 1 is 1.83 bits per heavy atom. The molecule has 0 spiro atoms. The van der Waals surface area contributed by atoms with Crippen LogP contribution in [0.25, 0.3) is 0 Å². The average molecular weight is 171 g/mol. The van der Waals surface area contributed by atoms with Crippen LogP contribution in [0.5, 0.6) is 0 Å². The van der Waals surface area contributed by atoms with Crippen molar-refractivity contribution in [2.75, 3.05) is 6.61 Å². The Hall–Kier alpha value is -1.12. The lowest BCUT2D eigenvalue weighted by atomic mass is 9.86. The van der Waals surface area contributed by atoms with Crippen LogP contribution in [0.1, 0.15) is 6.92 Å². The highest BCUT2D eigenvalue weighted by atomic mass is 16.6. The second-order valence-corrected chi connectivity index (χ2v) is 2.89. The number of nitrogens with zero attached hydrogens (tertiary/aromatic N) is 1. The number of carbonyl (C=O) groups excluding carboxylic acids is 1. The number of aliphatic hydroxyl groups excluding tert-OH is 2. The van der Waals surface area contributed by atoms with Gasteiger partial charge in [-0.05, 0) is 6.92 Å². The lowest BCUT2D eigenvalue weighted by Crippen LogP contribution is -2.36. The van der Waals surface area contributed by atoms with Crippen molar-refractivity contribution in [3.05, 3.63) is 0 Å². The maximum atomic E-state index is 11.0. The topological polar surface area (TPSA) is 90.6 Å². The van der Waals surface area contributed by atoms with Crippen LogP contribution in [0.3, 0.4) is 0 Å². The van der Waals surface area contributed by atoms with Crippen molar-refractivity contribution in [2.45, 2.75) is 19.1 Å². The normalized spacial score (nSPS) is 40.7. The Kier molecular flexibility index (Phi) is 2.04. The summed E-state index contributed by atoms with van der Waals surface area (Å²) >= 11 is 0. The number of hydrogen-bond acceptors (Lipinski definition) is 5. The Labute approximate surface area is 69.2 Å². The molecule has 0 saturated carbocycles. The third-order valence-electron chi connectivity index (χ3n) is 2.04. The third kappa shape index (κ3) is 0.967. The van der Waals surface area contributed by atoms with Crippen molar-refractivity contribution in [2.24, 2.45) is 5.41 Å². The maximum absolute atomic E-state index is 11.0. The molecule has 5 heteroatoms. The average Bonchev–Trinajstić information content (AvgIpc) is 2.30. The van der Waals surface area contributed by atoms with Gasteiger partial charge in [0.15, 0.2) is 11.5 Å². The number of hydrogen-bond donors (Lipinski definition) is 2. The van der Waals surface area contributed by atoms with E-state index >= 15 is 0 Å². The van der Waals surface area contributed by atoms with Gasteiger partial charge in [-0.2, -0.15) is 5.26 Å². The first-order chi connectivity index (χ1) is 5.56. The largest absolute Gasteiger partial charge is 0.456 e. The number of esters is 1. The van der Waals surface area contributed by atoms with Gasteiger partial charge in [0.25, 0.3) is 0 Å². The zero-order valence-corrected chi connectivity index (χ0v) is 6.52. The lowest BCUT2D eigenvalue weighted by molar-refractivity contribution is -0.147. The molecule has 1 aliphatic heterocycles. The highest BCUT2D eigenvalue weighted by Gasteiger charge is 2.54. The molecule has 2 N–H and O–H groups in total. The summed E-state index contributed by atoms with van der Waals surface area (Å²) in [4.78, 5) is 11.0. The van der Waals surface area contributed by atoms with Gasteiger partial charge in [0, 0.05) is 0 Å². The Bertz CT molecular complexity index is 246. The predicted molar refractivity (Wildman–Crippen MR) is 36.7 cm³/mol. The number of nitriles is 1. The van der Waals surface area contributed by atoms with Crippen molar-refractivity contribution >= 4 is 5.97 Å². The van der Waals surface area contributed by atoms with Crippen LogP contribution in [0.4, 0.5) is 0 Å². The van der Waals surface area contributed by atoms with Crippen molar-refractivity contribution < 1.29 is 19.7 Å². The van der Waals surface area contributed by atoms with Crippen LogP contribution in [0.15, 0.2) is 0 Å². The van der Waals surface area contributed by atoms with Gasteiger partial charge in [-0.25, -0.2) is 0 Å². The Morgan fingerprint density at radius 2 is 2.42 bits per heavy atom. The zero-order valence-electron chi connectivity index (χ0n) is 6.52. The van der Waals surface area contributed by atoms with E-state index in [9.17, 15) is 9.90 Å². The van der Waals surface area contributed by atoms with Crippen LogP contribution in [0.2, 0.25) is 0 Å². The van der Waals surface area contributed by atoms with Gasteiger partial charge in [0.05, 0.1) is 12.7 Å². The van der Waals surface area contributed by atoms with E-state index in [1.165, 1.54) is 6.92 Å². The molecule has 1 rings (SSSR count). The fourth-order valence-corrected chi connectivity index (χ4v) is 1.07. The molecule has 1 fully saturated rings. The van der Waals surface area contributed by atoms with E-state index in [4.69, 9.17) is 10.4 Å². The van der Waals surface area contributed by atoms with Crippen LogP contribution >= 0.6 is 0 Å². The van der Waals surface area contributed by atoms with E-state index < -0.39 is 30.2 Å². The van der Waals surface area contributed by atoms with E-state index in [2.05, 4.69) is 4.74 Å². The quantitative estimate of drug-likeness (QED) is 0.483. The summed E-state index contributed by atoms with van der Waals surface area (Å²) in [6, 6.07) is 1.67. The van der Waals surface area contributed by atoms with Gasteiger partial charge < -0.3 is 14.9 Å². The summed E-state index contributed by atoms with van der Waals surface area (Å²) in [6.45, 7) is 0.819. The SMILES string of the molecule is C[C@@]1(C#N)C(=O)O[C@H](CO)[C@H]1O. The molecular formula is C7H9NO4. The summed E-state index contributed by atoms with van der Waals surface area (Å²) in [5, 5.41) is 26.6. The van der Waals surface area contributed by atoms with Crippen molar-refractivity contribution in [3.8, 4) is 6.07 Å². The highest BCUT2D eigenvalue weighted by molar-refractivity contribution is 5.82. The summed E-state index contributed by atoms with van der Waals surface area (Å²) in [7, 11) is 0. The molecule has 5 nitrogen and oxygen atoms in total. The van der Waals surface area contributed by atoms with Crippen LogP contribution < -0.4 is 0 Å². The number of cyclic esters (lactones) is 1. The fraction of sp³-hybridized carbons (Fsp3) is 0.714. The first kappa shape index (κ1) is 8.97. The van der Waals surface area contributed by atoms with Gasteiger partial charge in [-0.1, -0.05) is 0 Å². The molecule has 1 saturated heterocycles. The summed E-state index contributed by atoms with van der Waals surface area (Å²) in [5.74, 6) is -0.781. The molecule has 0 aromatic carbocycles. The molecule has 0 aromatic heterocycles. The van der Waals surface area contributed by atoms with Crippen LogP contribution in [0, 0.1) is 16.7 Å². The molecule has 0 unspecified atom stereocenters. The van der Waals surface area contributed by atoms with Crippen molar-refractivity contribution in [1.29, 1.82) is 5.26 Å². The van der Waals surface area contributed by atoms with Gasteiger partial charge in [-0.3, -0.25) is 4.79 Å². The van der Waals surface area contributed by atoms with E-state index in [0.29, 0.717) is 0 Å². The van der Waals surface area contributed by atoms with Crippen molar-refractivity contribution in [1.82, 2.24) is 0 Å². The van der Waals surface area contributed by atoms with Gasteiger partial charge in [0.1, 0.15) is 6.10 Å². The van der Waals surface area contributed by atoms with Crippen LogP contribution in [-0.2, 0) is 9.53 Å². The van der Waals surface area contributed by atoms with Gasteiger partial charge >= 0.3 is 5.97 Å². The minimum Gasteiger partial charge on any atom is -0.456 e. The minimum absolute atomic E-state index is 0.468. The Balaban J connectivity index is 2.93. The van der Waals surface area contributed by atoms with E-state index in [1.807, 2.05) is 0 Å². The number of carbonyl (C=O) groups is 1. The summed E-state index contributed by atoms with van der Waals surface area (Å²) in [6.07, 6.45) is -2.22. The molecular weight excluding hydrogens is 162 g/mol. The molecule has 1 aliphatic rings. The monoisotopic (exact) mass is 171 g/mol. The smallest absolute Gasteiger partial charge is 0.329 e. The second kappa shape index (κ2) is 2.73. The molecule has 12 heavy (non-hydrogen) atoms. The molecule has 0 aromatic rings. The second-order valence-electron chi connectivity index (χ2n) is 2.89. The first-order valence-electron chi connectivity index (χ1n) is 3.47. The minimum atomic E-state index is -1.53. The predicted octanol–water partition coefficient (Wildman–Crippen LogP) is -1.21. The summed E-state index contributed by atoms with van der Waals surface area (Å²) < 4.78 is 4.57. The number of rotatable bonds is 1. The first-order valence-corrected chi connectivity index (χ1v) is 3.47. The van der Waals surface area contributed by atoms with Gasteiger partial charge in [0.2, 0.25) is 0 Å². The lowest BCUT2D eigenvalue weighted by Gasteiger charge is -2.15. The fourth-order valence-electron chi connectivity index (χ4n) is 1.07. The highest BCUT2D eigenvalue weighted by Crippen LogP contribution is 2.32. The molecule has 1 heterocycles. The van der Waals surface area contributed by atoms with Crippen molar-refractivity contribution in [3.63, 3.8) is 0 Å². The molecule has 3 atom stereocenters. The van der Waals surface area contributed by atoms with E-state index in [-0.39, 0.29) is 0 Å².